The Labute approximate surface area is 246 Å². The second-order valence-electron chi connectivity index (χ2n) is 9.47. The van der Waals surface area contributed by atoms with Crippen molar-refractivity contribution in [3.63, 3.8) is 0 Å². The molecule has 0 saturated heterocycles. The maximum absolute atomic E-state index is 13.3. The molecule has 2 amide bonds. The van der Waals surface area contributed by atoms with Gasteiger partial charge in [0.2, 0.25) is 0 Å². The number of esters is 1. The second kappa shape index (κ2) is 11.6. The average molecular weight is 575 g/mol. The van der Waals surface area contributed by atoms with Crippen LogP contribution in [0.3, 0.4) is 0 Å². The van der Waals surface area contributed by atoms with Crippen molar-refractivity contribution in [3.05, 3.63) is 143 Å². The van der Waals surface area contributed by atoms with Gasteiger partial charge in [0.05, 0.1) is 11.3 Å². The summed E-state index contributed by atoms with van der Waals surface area (Å²) in [4.78, 5) is 40.1. The summed E-state index contributed by atoms with van der Waals surface area (Å²) in [5, 5.41) is 4.36. The summed E-state index contributed by atoms with van der Waals surface area (Å²) < 4.78 is 11.3. The fraction of sp³-hybridized carbons (Fsp3) is 0.0294. The normalized spacial score (nSPS) is 13.0. The Kier molecular flexibility index (Phi) is 7.41. The van der Waals surface area contributed by atoms with Crippen LogP contribution in [-0.2, 0) is 16.2 Å². The SMILES string of the molecule is O=C(Oc1ccc(OCc2ccccc2)cc1)c1ccc(NC2=C(Cl)C(=O)N(c3cccc4ccccc34)C2=O)cc1. The molecule has 0 fully saturated rings. The number of nitrogens with zero attached hydrogens (tertiary/aromatic N) is 1. The molecular formula is C34H23ClN2O5. The van der Waals surface area contributed by atoms with Crippen LogP contribution < -0.4 is 19.7 Å². The van der Waals surface area contributed by atoms with Crippen molar-refractivity contribution < 1.29 is 23.9 Å². The highest BCUT2D eigenvalue weighted by molar-refractivity contribution is 6.53. The van der Waals surface area contributed by atoms with Gasteiger partial charge in [-0.25, -0.2) is 9.69 Å². The summed E-state index contributed by atoms with van der Waals surface area (Å²) in [6.45, 7) is 0.434. The van der Waals surface area contributed by atoms with E-state index in [-0.39, 0.29) is 10.7 Å². The Morgan fingerprint density at radius 3 is 2.14 bits per heavy atom. The van der Waals surface area contributed by atoms with Crippen LogP contribution in [0.2, 0.25) is 0 Å². The van der Waals surface area contributed by atoms with Gasteiger partial charge in [-0.3, -0.25) is 9.59 Å². The molecule has 8 heteroatoms. The van der Waals surface area contributed by atoms with E-state index in [1.54, 1.807) is 60.7 Å². The van der Waals surface area contributed by atoms with E-state index in [2.05, 4.69) is 5.32 Å². The Morgan fingerprint density at radius 1 is 0.714 bits per heavy atom. The van der Waals surface area contributed by atoms with Gasteiger partial charge in [0, 0.05) is 11.1 Å². The van der Waals surface area contributed by atoms with E-state index in [1.165, 1.54) is 0 Å². The third-order valence-corrected chi connectivity index (χ3v) is 7.06. The number of fused-ring (bicyclic) bond motifs is 1. The van der Waals surface area contributed by atoms with Crippen LogP contribution in [0.25, 0.3) is 10.8 Å². The summed E-state index contributed by atoms with van der Waals surface area (Å²) in [6, 6.07) is 35.8. The molecule has 7 nitrogen and oxygen atoms in total. The number of halogens is 1. The summed E-state index contributed by atoms with van der Waals surface area (Å²) in [7, 11) is 0. The number of benzene rings is 5. The van der Waals surface area contributed by atoms with Gasteiger partial charge in [0.1, 0.15) is 28.8 Å². The fourth-order valence-electron chi connectivity index (χ4n) is 4.58. The molecule has 0 aliphatic carbocycles. The van der Waals surface area contributed by atoms with Crippen molar-refractivity contribution in [1.82, 2.24) is 0 Å². The second-order valence-corrected chi connectivity index (χ2v) is 9.85. The average Bonchev–Trinajstić information content (AvgIpc) is 3.24. The zero-order valence-electron chi connectivity index (χ0n) is 22.1. The number of carbonyl (C=O) groups is 3. The van der Waals surface area contributed by atoms with E-state index in [0.717, 1.165) is 21.2 Å². The van der Waals surface area contributed by atoms with E-state index in [4.69, 9.17) is 21.1 Å². The van der Waals surface area contributed by atoms with Gasteiger partial charge in [-0.1, -0.05) is 78.3 Å². The molecule has 0 radical (unpaired) electrons. The van der Waals surface area contributed by atoms with Gasteiger partial charge in [0.25, 0.3) is 11.8 Å². The number of anilines is 2. The zero-order valence-corrected chi connectivity index (χ0v) is 22.9. The highest BCUT2D eigenvalue weighted by atomic mass is 35.5. The minimum Gasteiger partial charge on any atom is -0.489 e. The molecule has 1 aliphatic rings. The lowest BCUT2D eigenvalue weighted by molar-refractivity contribution is -0.120. The van der Waals surface area contributed by atoms with Crippen molar-refractivity contribution in [2.24, 2.45) is 0 Å². The molecule has 5 aromatic rings. The molecule has 0 bridgehead atoms. The van der Waals surface area contributed by atoms with E-state index in [0.29, 0.717) is 35.0 Å². The first-order valence-electron chi connectivity index (χ1n) is 13.1. The molecule has 1 aliphatic heterocycles. The van der Waals surface area contributed by atoms with Crippen molar-refractivity contribution in [1.29, 1.82) is 0 Å². The number of hydrogen-bond donors (Lipinski definition) is 1. The Bertz CT molecular complexity index is 1830. The van der Waals surface area contributed by atoms with Gasteiger partial charge in [-0.05, 0) is 65.5 Å². The summed E-state index contributed by atoms with van der Waals surface area (Å²) in [5.74, 6) is -0.708. The zero-order chi connectivity index (χ0) is 29.1. The third-order valence-electron chi connectivity index (χ3n) is 6.71. The molecular weight excluding hydrogens is 552 g/mol. The molecule has 1 heterocycles. The first-order valence-corrected chi connectivity index (χ1v) is 13.5. The van der Waals surface area contributed by atoms with Crippen LogP contribution in [0, 0.1) is 0 Å². The molecule has 1 N–H and O–H groups in total. The minimum atomic E-state index is -0.614. The number of imide groups is 1. The highest BCUT2D eigenvalue weighted by Gasteiger charge is 2.39. The maximum atomic E-state index is 13.3. The van der Waals surface area contributed by atoms with E-state index < -0.39 is 17.8 Å². The molecule has 0 unspecified atom stereocenters. The van der Waals surface area contributed by atoms with Crippen LogP contribution in [0.4, 0.5) is 11.4 Å². The number of amides is 2. The van der Waals surface area contributed by atoms with Crippen LogP contribution >= 0.6 is 11.6 Å². The Balaban J connectivity index is 1.10. The lowest BCUT2D eigenvalue weighted by atomic mass is 10.1. The van der Waals surface area contributed by atoms with Crippen LogP contribution in [0.1, 0.15) is 15.9 Å². The molecule has 0 atom stereocenters. The number of nitrogens with one attached hydrogen (secondary N) is 1. The summed E-state index contributed by atoms with van der Waals surface area (Å²) in [6.07, 6.45) is 0. The standard InChI is InChI=1S/C34H23ClN2O5/c35-30-31(33(39)37(32(30)38)29-12-6-10-23-9-4-5-11-28(23)29)36-25-15-13-24(14-16-25)34(40)42-27-19-17-26(18-20-27)41-21-22-7-2-1-3-8-22/h1-20,36H,21H2. The minimum absolute atomic E-state index is 0.0421. The van der Waals surface area contributed by atoms with Gasteiger partial charge in [-0.15, -0.1) is 0 Å². The van der Waals surface area contributed by atoms with Crippen LogP contribution in [-0.4, -0.2) is 17.8 Å². The first kappa shape index (κ1) is 26.8. The smallest absolute Gasteiger partial charge is 0.343 e. The van der Waals surface area contributed by atoms with Crippen LogP contribution in [0.15, 0.2) is 132 Å². The first-order chi connectivity index (χ1) is 20.5. The quantitative estimate of drug-likeness (QED) is 0.121. The van der Waals surface area contributed by atoms with E-state index >= 15 is 0 Å². The molecule has 0 saturated carbocycles. The van der Waals surface area contributed by atoms with Gasteiger partial charge in [-0.2, -0.15) is 0 Å². The Hall–Kier alpha value is -5.40. The van der Waals surface area contributed by atoms with E-state index in [9.17, 15) is 14.4 Å². The summed E-state index contributed by atoms with van der Waals surface area (Å²) >= 11 is 6.33. The number of carbonyl (C=O) groups excluding carboxylic acids is 3. The fourth-order valence-corrected chi connectivity index (χ4v) is 4.79. The summed E-state index contributed by atoms with van der Waals surface area (Å²) in [5.41, 5.74) is 2.23. The molecule has 0 aromatic heterocycles. The van der Waals surface area contributed by atoms with Crippen molar-refractivity contribution in [3.8, 4) is 11.5 Å². The lowest BCUT2D eigenvalue weighted by Gasteiger charge is -2.17. The predicted octanol–water partition coefficient (Wildman–Crippen LogP) is 7.07. The maximum Gasteiger partial charge on any atom is 0.343 e. The Morgan fingerprint density at radius 2 is 1.38 bits per heavy atom. The number of ether oxygens (including phenoxy) is 2. The molecule has 0 spiro atoms. The van der Waals surface area contributed by atoms with Crippen molar-refractivity contribution in [2.45, 2.75) is 6.61 Å². The lowest BCUT2D eigenvalue weighted by Crippen LogP contribution is -2.32. The van der Waals surface area contributed by atoms with Gasteiger partial charge in [0.15, 0.2) is 0 Å². The van der Waals surface area contributed by atoms with Crippen LogP contribution in [0.5, 0.6) is 11.5 Å². The van der Waals surface area contributed by atoms with E-state index in [1.807, 2.05) is 60.7 Å². The van der Waals surface area contributed by atoms with Gasteiger partial charge < -0.3 is 14.8 Å². The molecule has 6 rings (SSSR count). The molecule has 42 heavy (non-hydrogen) atoms. The number of hydrogen-bond acceptors (Lipinski definition) is 6. The highest BCUT2D eigenvalue weighted by Crippen LogP contribution is 2.34. The van der Waals surface area contributed by atoms with Crippen molar-refractivity contribution in [2.75, 3.05) is 10.2 Å². The predicted molar refractivity (Wildman–Crippen MR) is 162 cm³/mol. The third kappa shape index (κ3) is 5.46. The number of rotatable bonds is 8. The largest absolute Gasteiger partial charge is 0.489 e. The van der Waals surface area contributed by atoms with Gasteiger partial charge >= 0.3 is 5.97 Å². The molecule has 206 valence electrons. The molecule has 5 aromatic carbocycles. The monoisotopic (exact) mass is 574 g/mol. The van der Waals surface area contributed by atoms with Crippen molar-refractivity contribution >= 4 is 51.5 Å². The topological polar surface area (TPSA) is 84.9 Å².